The molecule has 1 aromatic heterocycles. The molecule has 190 valence electrons. The van der Waals surface area contributed by atoms with E-state index in [2.05, 4.69) is 16.3 Å². The van der Waals surface area contributed by atoms with Crippen LogP contribution in [0.5, 0.6) is 0 Å². The molecule has 2 atom stereocenters. The molecule has 0 spiro atoms. The van der Waals surface area contributed by atoms with Crippen LogP contribution in [0.25, 0.3) is 11.1 Å². The average molecular weight is 527 g/mol. The largest absolute Gasteiger partial charge is 0.384 e. The smallest absolute Gasteiger partial charge is 0.210 e. The summed E-state index contributed by atoms with van der Waals surface area (Å²) in [7, 11) is 0.0150. The second-order valence-corrected chi connectivity index (χ2v) is 11.3. The van der Waals surface area contributed by atoms with Crippen molar-refractivity contribution in [3.63, 3.8) is 0 Å². The molecule has 0 fully saturated rings. The molecule has 2 heterocycles. The first-order valence-corrected chi connectivity index (χ1v) is 13.7. The number of carbonyl (C=O) groups is 1. The predicted molar refractivity (Wildman–Crippen MR) is 150 cm³/mol. The summed E-state index contributed by atoms with van der Waals surface area (Å²) < 4.78 is 13.6. The van der Waals surface area contributed by atoms with Gasteiger partial charge in [0, 0.05) is 23.5 Å². The Balaban J connectivity index is 0.000000205. The third kappa shape index (κ3) is 7.60. The van der Waals surface area contributed by atoms with Gasteiger partial charge >= 0.3 is 0 Å². The maximum absolute atomic E-state index is 13.6. The molecule has 36 heavy (non-hydrogen) atoms. The summed E-state index contributed by atoms with van der Waals surface area (Å²) in [6, 6.07) is 16.6. The summed E-state index contributed by atoms with van der Waals surface area (Å²) in [6.07, 6.45) is 5.30. The predicted octanol–water partition coefficient (Wildman–Crippen LogP) is 6.57. The molecule has 2 unspecified atom stereocenters. The van der Waals surface area contributed by atoms with Crippen molar-refractivity contribution in [2.24, 2.45) is 0 Å². The van der Waals surface area contributed by atoms with Crippen molar-refractivity contribution < 1.29 is 14.3 Å². The van der Waals surface area contributed by atoms with Gasteiger partial charge in [-0.05, 0) is 78.3 Å². The van der Waals surface area contributed by atoms with E-state index in [1.54, 1.807) is 31.0 Å². The van der Waals surface area contributed by atoms with E-state index in [-0.39, 0.29) is 22.3 Å². The Hall–Kier alpha value is -2.80. The van der Waals surface area contributed by atoms with Gasteiger partial charge in [-0.15, -0.1) is 0 Å². The van der Waals surface area contributed by atoms with Crippen LogP contribution >= 0.6 is 22.1 Å². The van der Waals surface area contributed by atoms with Gasteiger partial charge in [-0.25, -0.2) is 4.39 Å². The Morgan fingerprint density at radius 1 is 1.22 bits per heavy atom. The van der Waals surface area contributed by atoms with E-state index in [1.807, 2.05) is 61.5 Å². The molecule has 1 amide bonds. The molecule has 1 aliphatic heterocycles. The molecule has 0 bridgehead atoms. The normalized spacial score (nSPS) is 16.8. The number of carbonyl (C=O) groups excluding carboxylic acids is 1. The number of halogens is 2. The third-order valence-electron chi connectivity index (χ3n) is 5.85. The highest BCUT2D eigenvalue weighted by Crippen LogP contribution is 2.26. The lowest BCUT2D eigenvalue weighted by atomic mass is 10.0. The minimum Gasteiger partial charge on any atom is -0.384 e. The van der Waals surface area contributed by atoms with Crippen LogP contribution in [0, 0.1) is 5.82 Å². The molecule has 1 N–H and O–H groups in total. The van der Waals surface area contributed by atoms with Gasteiger partial charge in [0.25, 0.3) is 0 Å². The van der Waals surface area contributed by atoms with Gasteiger partial charge in [0.05, 0.1) is 11.7 Å². The Morgan fingerprint density at radius 3 is 2.56 bits per heavy atom. The Labute approximate surface area is 220 Å². The van der Waals surface area contributed by atoms with E-state index in [9.17, 15) is 14.3 Å². The number of rotatable bonds is 7. The van der Waals surface area contributed by atoms with Crippen LogP contribution in [0.3, 0.4) is 0 Å². The Bertz CT molecular complexity index is 1260. The van der Waals surface area contributed by atoms with Crippen LogP contribution in [-0.2, 0) is 23.4 Å². The zero-order chi connectivity index (χ0) is 26.3. The first kappa shape index (κ1) is 27.8. The second-order valence-electron chi connectivity index (χ2n) is 9.16. The number of aliphatic hydroxyl groups is 1. The van der Waals surface area contributed by atoms with Gasteiger partial charge in [0.2, 0.25) is 6.41 Å². The monoisotopic (exact) mass is 526 g/mol. The van der Waals surface area contributed by atoms with Gasteiger partial charge in [0.15, 0.2) is 0 Å². The number of aryl methyl sites for hydroxylation is 1. The van der Waals surface area contributed by atoms with Gasteiger partial charge < -0.3 is 10.0 Å². The van der Waals surface area contributed by atoms with Crippen molar-refractivity contribution >= 4 is 34.4 Å². The van der Waals surface area contributed by atoms with Gasteiger partial charge in [-0.1, -0.05) is 54.7 Å². The van der Waals surface area contributed by atoms with Crippen LogP contribution in [0.15, 0.2) is 72.3 Å². The highest BCUT2D eigenvalue weighted by Gasteiger charge is 2.21. The van der Waals surface area contributed by atoms with Crippen molar-refractivity contribution in [3.05, 3.63) is 99.9 Å². The van der Waals surface area contributed by atoms with Crippen molar-refractivity contribution in [2.45, 2.75) is 45.4 Å². The molecule has 4 rings (SSSR count). The van der Waals surface area contributed by atoms with Crippen molar-refractivity contribution in [1.29, 1.82) is 0 Å². The van der Waals surface area contributed by atoms with Crippen LogP contribution in [0.2, 0.25) is 5.02 Å². The van der Waals surface area contributed by atoms with Gasteiger partial charge in [-0.3, -0.25) is 9.78 Å². The van der Waals surface area contributed by atoms with Crippen LogP contribution < -0.4 is 0 Å². The number of amides is 1. The molecule has 4 nitrogen and oxygen atoms in total. The number of hydrogen-bond acceptors (Lipinski definition) is 3. The molecular formula is C29H32ClFN2O2S. The standard InChI is InChI=1S/C15H20N2O2S.C14H12ClF/c1-15(2,19)14-8-12(4-6-16-14)9-17(11-18)13-5-7-20(3)10-13;1-2-10-6-7-12(9-14(10)16)11-4-3-5-13(15)8-11/h4-8,11,13,19H,3,9-10H2,1-2H3;3-9H,2H2,1H3. The molecule has 7 heteroatoms. The van der Waals surface area contributed by atoms with E-state index in [0.717, 1.165) is 34.4 Å². The fraction of sp³-hybridized carbons (Fsp3) is 0.276. The molecular weight excluding hydrogens is 495 g/mol. The summed E-state index contributed by atoms with van der Waals surface area (Å²) in [6.45, 7) is 5.86. The summed E-state index contributed by atoms with van der Waals surface area (Å²) in [5.74, 6) is 4.75. The van der Waals surface area contributed by atoms with E-state index >= 15 is 0 Å². The van der Waals surface area contributed by atoms with Gasteiger partial charge in [-0.2, -0.15) is 10.5 Å². The number of aromatic nitrogens is 1. The molecule has 1 aliphatic rings. The Kier molecular flexibility index (Phi) is 9.60. The minimum atomic E-state index is -0.977. The number of pyridine rings is 1. The molecule has 0 saturated carbocycles. The quantitative estimate of drug-likeness (QED) is 0.280. The third-order valence-corrected chi connectivity index (χ3v) is 7.39. The topological polar surface area (TPSA) is 53.4 Å². The summed E-state index contributed by atoms with van der Waals surface area (Å²) >= 11 is 5.90. The molecule has 0 saturated heterocycles. The summed E-state index contributed by atoms with van der Waals surface area (Å²) in [4.78, 5) is 17.2. The van der Waals surface area contributed by atoms with Crippen molar-refractivity contribution in [2.75, 3.05) is 5.75 Å². The van der Waals surface area contributed by atoms with E-state index in [1.165, 1.54) is 0 Å². The first-order valence-electron chi connectivity index (χ1n) is 11.7. The minimum absolute atomic E-state index is 0.0150. The van der Waals surface area contributed by atoms with Crippen LogP contribution in [-0.4, -0.2) is 39.1 Å². The Morgan fingerprint density at radius 2 is 1.97 bits per heavy atom. The van der Waals surface area contributed by atoms with E-state index in [0.29, 0.717) is 23.7 Å². The SMILES string of the molecule is C=S1C=CC(N(C=O)Cc2ccnc(C(C)(C)O)c2)C1.CCc1ccc(-c2cccc(Cl)c2)cc1F. The van der Waals surface area contributed by atoms with Crippen LogP contribution in [0.4, 0.5) is 4.39 Å². The maximum Gasteiger partial charge on any atom is 0.210 e. The zero-order valence-corrected chi connectivity index (χ0v) is 22.4. The molecule has 0 aliphatic carbocycles. The second kappa shape index (κ2) is 12.4. The molecule has 2 aromatic carbocycles. The fourth-order valence-corrected chi connectivity index (χ4v) is 5.22. The molecule has 3 aromatic rings. The zero-order valence-electron chi connectivity index (χ0n) is 20.8. The van der Waals surface area contributed by atoms with Crippen molar-refractivity contribution in [1.82, 2.24) is 9.88 Å². The van der Waals surface area contributed by atoms with E-state index < -0.39 is 5.60 Å². The number of nitrogens with zero attached hydrogens (tertiary/aromatic N) is 2. The average Bonchev–Trinajstić information content (AvgIpc) is 3.28. The lowest BCUT2D eigenvalue weighted by Crippen LogP contribution is -2.33. The maximum atomic E-state index is 13.6. The molecule has 0 radical (unpaired) electrons. The van der Waals surface area contributed by atoms with Crippen molar-refractivity contribution in [3.8, 4) is 11.1 Å². The van der Waals surface area contributed by atoms with Gasteiger partial charge in [0.1, 0.15) is 11.4 Å². The highest BCUT2D eigenvalue weighted by atomic mass is 35.5. The summed E-state index contributed by atoms with van der Waals surface area (Å²) in [5, 5.41) is 12.7. The first-order chi connectivity index (χ1) is 17.1. The summed E-state index contributed by atoms with van der Waals surface area (Å²) in [5.41, 5.74) is 3.14. The lowest BCUT2D eigenvalue weighted by molar-refractivity contribution is -0.119. The van der Waals surface area contributed by atoms with Crippen LogP contribution in [0.1, 0.15) is 37.6 Å². The highest BCUT2D eigenvalue weighted by molar-refractivity contribution is 8.16. The van der Waals surface area contributed by atoms with E-state index in [4.69, 9.17) is 11.6 Å². The lowest BCUT2D eigenvalue weighted by Gasteiger charge is -2.24. The number of hydrogen-bond donors (Lipinski definition) is 1. The fourth-order valence-electron chi connectivity index (χ4n) is 3.77. The number of benzene rings is 2.